The minimum Gasteiger partial charge on any atom is -0.486 e. The van der Waals surface area contributed by atoms with E-state index in [9.17, 15) is 4.79 Å². The van der Waals surface area contributed by atoms with Crippen molar-refractivity contribution in [1.82, 2.24) is 15.6 Å². The summed E-state index contributed by atoms with van der Waals surface area (Å²) in [6, 6.07) is 5.57. The number of benzene rings is 1. The van der Waals surface area contributed by atoms with Crippen LogP contribution in [0.4, 0.5) is 0 Å². The van der Waals surface area contributed by atoms with Crippen molar-refractivity contribution in [3.63, 3.8) is 0 Å². The van der Waals surface area contributed by atoms with Crippen LogP contribution >= 0.6 is 0 Å². The third kappa shape index (κ3) is 3.19. The van der Waals surface area contributed by atoms with Crippen molar-refractivity contribution < 1.29 is 18.7 Å². The van der Waals surface area contributed by atoms with Crippen LogP contribution in [0.5, 0.6) is 11.5 Å². The Kier molecular flexibility index (Phi) is 4.31. The van der Waals surface area contributed by atoms with E-state index in [0.717, 1.165) is 25.1 Å². The number of ether oxygens (including phenoxy) is 2. The number of fused-ring (bicyclic) bond motifs is 1. The molecular formula is C18H21N3O4. The normalized spacial score (nSPS) is 22.4. The van der Waals surface area contributed by atoms with Crippen LogP contribution in [0.25, 0.3) is 11.3 Å². The van der Waals surface area contributed by atoms with E-state index in [4.69, 9.17) is 13.9 Å². The largest absolute Gasteiger partial charge is 0.486 e. The van der Waals surface area contributed by atoms with E-state index in [1.165, 1.54) is 6.39 Å². The van der Waals surface area contributed by atoms with E-state index in [1.54, 1.807) is 0 Å². The molecule has 1 fully saturated rings. The van der Waals surface area contributed by atoms with Gasteiger partial charge in [-0.1, -0.05) is 6.92 Å². The van der Waals surface area contributed by atoms with E-state index in [1.807, 2.05) is 18.2 Å². The summed E-state index contributed by atoms with van der Waals surface area (Å²) in [6.07, 6.45) is 2.34. The molecule has 2 unspecified atom stereocenters. The fourth-order valence-corrected chi connectivity index (χ4v) is 3.22. The Hall–Kier alpha value is -2.54. The number of hydrogen-bond acceptors (Lipinski definition) is 6. The summed E-state index contributed by atoms with van der Waals surface area (Å²) in [5, 5.41) is 6.37. The monoisotopic (exact) mass is 343 g/mol. The first-order valence-electron chi connectivity index (χ1n) is 8.57. The van der Waals surface area contributed by atoms with Crippen molar-refractivity contribution >= 4 is 5.91 Å². The molecule has 1 aromatic carbocycles. The van der Waals surface area contributed by atoms with Gasteiger partial charge in [0.2, 0.25) is 0 Å². The average Bonchev–Trinajstić information content (AvgIpc) is 3.13. The van der Waals surface area contributed by atoms with Gasteiger partial charge in [-0.3, -0.25) is 4.79 Å². The highest BCUT2D eigenvalue weighted by Gasteiger charge is 2.26. The van der Waals surface area contributed by atoms with Crippen LogP contribution in [0.15, 0.2) is 29.0 Å². The molecule has 132 valence electrons. The lowest BCUT2D eigenvalue weighted by Crippen LogP contribution is -2.50. The number of aromatic nitrogens is 1. The van der Waals surface area contributed by atoms with Gasteiger partial charge >= 0.3 is 0 Å². The molecule has 1 saturated heterocycles. The van der Waals surface area contributed by atoms with E-state index in [2.05, 4.69) is 22.5 Å². The Morgan fingerprint density at radius 2 is 2.12 bits per heavy atom. The van der Waals surface area contributed by atoms with Gasteiger partial charge in [-0.25, -0.2) is 4.98 Å². The zero-order valence-corrected chi connectivity index (χ0v) is 14.1. The van der Waals surface area contributed by atoms with Crippen LogP contribution < -0.4 is 20.1 Å². The predicted molar refractivity (Wildman–Crippen MR) is 90.8 cm³/mol. The van der Waals surface area contributed by atoms with Gasteiger partial charge in [0, 0.05) is 18.2 Å². The molecule has 0 spiro atoms. The molecule has 1 aromatic heterocycles. The molecule has 25 heavy (non-hydrogen) atoms. The van der Waals surface area contributed by atoms with Crippen LogP contribution in [0.3, 0.4) is 0 Å². The third-order valence-corrected chi connectivity index (χ3v) is 4.73. The minimum atomic E-state index is -0.223. The summed E-state index contributed by atoms with van der Waals surface area (Å²) in [5.74, 6) is 1.99. The van der Waals surface area contributed by atoms with Gasteiger partial charge in [-0.05, 0) is 37.1 Å². The van der Waals surface area contributed by atoms with Gasteiger partial charge in [-0.2, -0.15) is 0 Å². The van der Waals surface area contributed by atoms with Gasteiger partial charge in [0.15, 0.2) is 29.3 Å². The molecule has 0 radical (unpaired) electrons. The predicted octanol–water partition coefficient (Wildman–Crippen LogP) is 1.84. The maximum absolute atomic E-state index is 12.7. The second kappa shape index (κ2) is 6.76. The van der Waals surface area contributed by atoms with Crippen LogP contribution in [0.2, 0.25) is 0 Å². The number of rotatable bonds is 3. The summed E-state index contributed by atoms with van der Waals surface area (Å²) in [5.41, 5.74) is 1.02. The van der Waals surface area contributed by atoms with Crippen LogP contribution in [0.1, 0.15) is 23.8 Å². The van der Waals surface area contributed by atoms with E-state index < -0.39 is 0 Å². The van der Waals surface area contributed by atoms with Gasteiger partial charge in [0.25, 0.3) is 5.91 Å². The molecule has 4 rings (SSSR count). The van der Waals surface area contributed by atoms with E-state index in [0.29, 0.717) is 36.4 Å². The first-order valence-corrected chi connectivity index (χ1v) is 8.57. The maximum Gasteiger partial charge on any atom is 0.274 e. The zero-order chi connectivity index (χ0) is 17.2. The molecule has 7 heteroatoms. The summed E-state index contributed by atoms with van der Waals surface area (Å²) >= 11 is 0. The number of oxazole rings is 1. The first-order chi connectivity index (χ1) is 12.2. The number of amides is 1. The van der Waals surface area contributed by atoms with Crippen LogP contribution in [0, 0.1) is 5.92 Å². The lowest BCUT2D eigenvalue weighted by molar-refractivity contribution is 0.0911. The minimum absolute atomic E-state index is 0.0890. The lowest BCUT2D eigenvalue weighted by atomic mass is 9.94. The smallest absolute Gasteiger partial charge is 0.274 e. The molecule has 0 saturated carbocycles. The second-order valence-corrected chi connectivity index (χ2v) is 6.44. The Morgan fingerprint density at radius 1 is 1.28 bits per heavy atom. The van der Waals surface area contributed by atoms with Crippen molar-refractivity contribution in [2.24, 2.45) is 5.92 Å². The summed E-state index contributed by atoms with van der Waals surface area (Å²) in [4.78, 5) is 16.8. The molecule has 0 bridgehead atoms. The van der Waals surface area contributed by atoms with Gasteiger partial charge < -0.3 is 24.5 Å². The summed E-state index contributed by atoms with van der Waals surface area (Å²) < 4.78 is 16.6. The zero-order valence-electron chi connectivity index (χ0n) is 14.1. The van der Waals surface area contributed by atoms with Crippen LogP contribution in [-0.4, -0.2) is 43.2 Å². The SMILES string of the molecule is CC1CCNCC1NC(=O)c1ncoc1-c1ccc2c(c1)OCCO2. The molecule has 2 N–H and O–H groups in total. The van der Waals surface area contributed by atoms with Crippen molar-refractivity contribution in [3.05, 3.63) is 30.3 Å². The molecule has 7 nitrogen and oxygen atoms in total. The highest BCUT2D eigenvalue weighted by molar-refractivity contribution is 5.98. The van der Waals surface area contributed by atoms with E-state index >= 15 is 0 Å². The topological polar surface area (TPSA) is 85.6 Å². The Balaban J connectivity index is 1.57. The average molecular weight is 343 g/mol. The Bertz CT molecular complexity index is 773. The van der Waals surface area contributed by atoms with Gasteiger partial charge in [0.05, 0.1) is 0 Å². The van der Waals surface area contributed by atoms with Crippen molar-refractivity contribution in [3.8, 4) is 22.8 Å². The Morgan fingerprint density at radius 3 is 2.96 bits per heavy atom. The highest BCUT2D eigenvalue weighted by atomic mass is 16.6. The molecule has 2 aliphatic rings. The second-order valence-electron chi connectivity index (χ2n) is 6.44. The molecule has 2 aromatic rings. The highest BCUT2D eigenvalue weighted by Crippen LogP contribution is 2.35. The summed E-state index contributed by atoms with van der Waals surface area (Å²) in [6.45, 7) is 4.95. The Labute approximate surface area is 145 Å². The molecule has 1 amide bonds. The molecule has 3 heterocycles. The fourth-order valence-electron chi connectivity index (χ4n) is 3.22. The van der Waals surface area contributed by atoms with E-state index in [-0.39, 0.29) is 17.6 Å². The van der Waals surface area contributed by atoms with Crippen LogP contribution in [-0.2, 0) is 0 Å². The maximum atomic E-state index is 12.7. The lowest BCUT2D eigenvalue weighted by Gasteiger charge is -2.30. The van der Waals surface area contributed by atoms with Gasteiger partial charge in [-0.15, -0.1) is 0 Å². The number of carbonyl (C=O) groups excluding carboxylic acids is 1. The number of piperidine rings is 1. The first kappa shape index (κ1) is 16.0. The number of hydrogen-bond donors (Lipinski definition) is 2. The number of nitrogens with zero attached hydrogens (tertiary/aromatic N) is 1. The number of carbonyl (C=O) groups is 1. The summed E-state index contributed by atoms with van der Waals surface area (Å²) in [7, 11) is 0. The molecular weight excluding hydrogens is 322 g/mol. The number of nitrogens with one attached hydrogen (secondary N) is 2. The van der Waals surface area contributed by atoms with Crippen molar-refractivity contribution in [1.29, 1.82) is 0 Å². The molecule has 2 aliphatic heterocycles. The standard InChI is InChI=1S/C18H21N3O4/c1-11-4-5-19-9-13(11)21-18(22)16-17(25-10-20-16)12-2-3-14-15(8-12)24-7-6-23-14/h2-3,8,10-11,13,19H,4-7,9H2,1H3,(H,21,22). The van der Waals surface area contributed by atoms with Gasteiger partial charge in [0.1, 0.15) is 13.2 Å². The fraction of sp³-hybridized carbons (Fsp3) is 0.444. The molecule has 2 atom stereocenters. The quantitative estimate of drug-likeness (QED) is 0.884. The van der Waals surface area contributed by atoms with Crippen molar-refractivity contribution in [2.75, 3.05) is 26.3 Å². The van der Waals surface area contributed by atoms with Crippen molar-refractivity contribution in [2.45, 2.75) is 19.4 Å². The third-order valence-electron chi connectivity index (χ3n) is 4.73. The molecule has 0 aliphatic carbocycles.